The van der Waals surface area contributed by atoms with Gasteiger partial charge in [0.05, 0.1) is 5.92 Å². The van der Waals surface area contributed by atoms with E-state index in [1.807, 2.05) is 42.5 Å². The number of benzene rings is 2. The van der Waals surface area contributed by atoms with E-state index in [-0.39, 0.29) is 19.1 Å². The lowest BCUT2D eigenvalue weighted by molar-refractivity contribution is -0.141. The number of ether oxygens (including phenoxy) is 1. The van der Waals surface area contributed by atoms with Crippen LogP contribution in [0.4, 0.5) is 0 Å². The van der Waals surface area contributed by atoms with Crippen molar-refractivity contribution in [3.63, 3.8) is 0 Å². The third kappa shape index (κ3) is 3.03. The van der Waals surface area contributed by atoms with Crippen LogP contribution in [0.3, 0.4) is 0 Å². The van der Waals surface area contributed by atoms with Crippen LogP contribution in [0, 0.1) is 5.92 Å². The third-order valence-corrected chi connectivity index (χ3v) is 3.97. The minimum absolute atomic E-state index is 0.0648. The molecule has 2 aromatic carbocycles. The number of fused-ring (bicyclic) bond motifs is 1. The summed E-state index contributed by atoms with van der Waals surface area (Å²) in [4.78, 5) is 24.5. The Kier molecular flexibility index (Phi) is 3.96. The number of carbonyl (C=O) groups is 2. The number of carbonyl (C=O) groups excluding carboxylic acids is 1. The Balaban J connectivity index is 1.59. The monoisotopic (exact) mass is 299 g/mol. The number of hydrogen-bond acceptors (Lipinski definition) is 3. The lowest BCUT2D eigenvalue weighted by atomic mass is 10.1. The van der Waals surface area contributed by atoms with Gasteiger partial charge < -0.3 is 14.7 Å². The van der Waals surface area contributed by atoms with Crippen LogP contribution in [-0.4, -0.2) is 41.6 Å². The molecule has 5 nitrogen and oxygen atoms in total. The highest BCUT2D eigenvalue weighted by Crippen LogP contribution is 2.21. The van der Waals surface area contributed by atoms with Gasteiger partial charge in [-0.3, -0.25) is 9.59 Å². The zero-order valence-corrected chi connectivity index (χ0v) is 12.1. The first-order valence-electron chi connectivity index (χ1n) is 7.25. The fourth-order valence-electron chi connectivity index (χ4n) is 2.68. The van der Waals surface area contributed by atoms with Gasteiger partial charge in [-0.05, 0) is 29.3 Å². The molecule has 22 heavy (non-hydrogen) atoms. The SMILES string of the molecule is O=C(O)C1CCN(C(=O)COc2ccc3ccccc3c2)C1. The van der Waals surface area contributed by atoms with Crippen molar-refractivity contribution in [3.05, 3.63) is 42.5 Å². The van der Waals surface area contributed by atoms with Crippen LogP contribution in [0.2, 0.25) is 0 Å². The van der Waals surface area contributed by atoms with Crippen molar-refractivity contribution in [3.8, 4) is 5.75 Å². The second-order valence-corrected chi connectivity index (χ2v) is 5.46. The molecule has 1 heterocycles. The molecule has 1 aliphatic rings. The van der Waals surface area contributed by atoms with Gasteiger partial charge in [-0.2, -0.15) is 0 Å². The average molecular weight is 299 g/mol. The molecule has 0 spiro atoms. The number of amides is 1. The van der Waals surface area contributed by atoms with Crippen molar-refractivity contribution in [2.45, 2.75) is 6.42 Å². The minimum Gasteiger partial charge on any atom is -0.484 e. The first-order chi connectivity index (χ1) is 10.6. The van der Waals surface area contributed by atoms with E-state index in [0.717, 1.165) is 10.8 Å². The molecule has 114 valence electrons. The molecular formula is C17H17NO4. The van der Waals surface area contributed by atoms with Gasteiger partial charge in [-0.1, -0.05) is 30.3 Å². The lowest BCUT2D eigenvalue weighted by Gasteiger charge is -2.16. The zero-order valence-electron chi connectivity index (χ0n) is 12.1. The summed E-state index contributed by atoms with van der Waals surface area (Å²) in [5.74, 6) is -0.826. The van der Waals surface area contributed by atoms with Gasteiger partial charge in [0.25, 0.3) is 5.91 Å². The van der Waals surface area contributed by atoms with E-state index in [0.29, 0.717) is 18.7 Å². The van der Waals surface area contributed by atoms with E-state index in [2.05, 4.69) is 0 Å². The number of hydrogen-bond donors (Lipinski definition) is 1. The van der Waals surface area contributed by atoms with E-state index < -0.39 is 11.9 Å². The molecule has 0 saturated carbocycles. The maximum absolute atomic E-state index is 12.1. The van der Waals surface area contributed by atoms with Gasteiger partial charge in [0.2, 0.25) is 0 Å². The molecule has 1 saturated heterocycles. The Labute approximate surface area is 128 Å². The number of carboxylic acid groups (broad SMARTS) is 1. The van der Waals surface area contributed by atoms with E-state index >= 15 is 0 Å². The zero-order chi connectivity index (χ0) is 15.5. The summed E-state index contributed by atoms with van der Waals surface area (Å²) >= 11 is 0. The van der Waals surface area contributed by atoms with E-state index in [1.54, 1.807) is 4.90 Å². The predicted octanol–water partition coefficient (Wildman–Crippen LogP) is 2.15. The van der Waals surface area contributed by atoms with Crippen LogP contribution in [-0.2, 0) is 9.59 Å². The fourth-order valence-corrected chi connectivity index (χ4v) is 2.68. The molecule has 0 bridgehead atoms. The number of likely N-dealkylation sites (tertiary alicyclic amines) is 1. The van der Waals surface area contributed by atoms with Crippen LogP contribution in [0.25, 0.3) is 10.8 Å². The molecule has 2 aromatic rings. The van der Waals surface area contributed by atoms with Gasteiger partial charge in [0, 0.05) is 13.1 Å². The maximum atomic E-state index is 12.1. The van der Waals surface area contributed by atoms with Crippen molar-refractivity contribution < 1.29 is 19.4 Å². The molecule has 1 fully saturated rings. The molecule has 5 heteroatoms. The normalized spacial score (nSPS) is 17.6. The Bertz CT molecular complexity index is 713. The topological polar surface area (TPSA) is 66.8 Å². The van der Waals surface area contributed by atoms with Crippen LogP contribution >= 0.6 is 0 Å². The summed E-state index contributed by atoms with van der Waals surface area (Å²) in [7, 11) is 0. The quantitative estimate of drug-likeness (QED) is 0.939. The van der Waals surface area contributed by atoms with Gasteiger partial charge >= 0.3 is 5.97 Å². The Morgan fingerprint density at radius 2 is 1.95 bits per heavy atom. The largest absolute Gasteiger partial charge is 0.484 e. The van der Waals surface area contributed by atoms with Crippen LogP contribution in [0.1, 0.15) is 6.42 Å². The van der Waals surface area contributed by atoms with Gasteiger partial charge in [-0.25, -0.2) is 0 Å². The molecule has 1 N–H and O–H groups in total. The second kappa shape index (κ2) is 6.05. The number of aliphatic carboxylic acids is 1. The number of nitrogens with zero attached hydrogens (tertiary/aromatic N) is 1. The molecule has 1 amide bonds. The second-order valence-electron chi connectivity index (χ2n) is 5.46. The predicted molar refractivity (Wildman–Crippen MR) is 81.8 cm³/mol. The van der Waals surface area contributed by atoms with Crippen molar-refractivity contribution >= 4 is 22.6 Å². The summed E-state index contributed by atoms with van der Waals surface area (Å²) in [5, 5.41) is 11.1. The van der Waals surface area contributed by atoms with Gasteiger partial charge in [0.1, 0.15) is 5.75 Å². The summed E-state index contributed by atoms with van der Waals surface area (Å²) < 4.78 is 5.55. The lowest BCUT2D eigenvalue weighted by Crippen LogP contribution is -2.33. The van der Waals surface area contributed by atoms with E-state index in [9.17, 15) is 9.59 Å². The standard InChI is InChI=1S/C17H17NO4/c19-16(18-8-7-14(10-18)17(20)21)11-22-15-6-5-12-3-1-2-4-13(12)9-15/h1-6,9,14H,7-8,10-11H2,(H,20,21). The maximum Gasteiger partial charge on any atom is 0.308 e. The summed E-state index contributed by atoms with van der Waals surface area (Å²) in [6.45, 7) is 0.691. The highest BCUT2D eigenvalue weighted by Gasteiger charge is 2.30. The molecule has 1 unspecified atom stereocenters. The van der Waals surface area contributed by atoms with Gasteiger partial charge in [0.15, 0.2) is 6.61 Å². The third-order valence-electron chi connectivity index (χ3n) is 3.97. The van der Waals surface area contributed by atoms with Crippen LogP contribution < -0.4 is 4.74 Å². The Morgan fingerprint density at radius 1 is 1.18 bits per heavy atom. The molecule has 0 aliphatic carbocycles. The molecule has 0 radical (unpaired) electrons. The van der Waals surface area contributed by atoms with Gasteiger partial charge in [-0.15, -0.1) is 0 Å². The Hall–Kier alpha value is -2.56. The highest BCUT2D eigenvalue weighted by atomic mass is 16.5. The number of rotatable bonds is 4. The highest BCUT2D eigenvalue weighted by molar-refractivity contribution is 5.84. The number of carboxylic acids is 1. The fraction of sp³-hybridized carbons (Fsp3) is 0.294. The minimum atomic E-state index is -0.842. The smallest absolute Gasteiger partial charge is 0.308 e. The molecule has 3 rings (SSSR count). The first kappa shape index (κ1) is 14.4. The first-order valence-corrected chi connectivity index (χ1v) is 7.25. The molecule has 1 aliphatic heterocycles. The molecule has 1 atom stereocenters. The van der Waals surface area contributed by atoms with Crippen LogP contribution in [0.15, 0.2) is 42.5 Å². The van der Waals surface area contributed by atoms with Crippen molar-refractivity contribution in [1.29, 1.82) is 0 Å². The van der Waals surface area contributed by atoms with Crippen molar-refractivity contribution in [2.75, 3.05) is 19.7 Å². The van der Waals surface area contributed by atoms with Crippen LogP contribution in [0.5, 0.6) is 5.75 Å². The van der Waals surface area contributed by atoms with Crippen molar-refractivity contribution in [2.24, 2.45) is 5.92 Å². The van der Waals surface area contributed by atoms with E-state index in [1.165, 1.54) is 0 Å². The summed E-state index contributed by atoms with van der Waals surface area (Å²) in [6, 6.07) is 13.6. The Morgan fingerprint density at radius 3 is 2.68 bits per heavy atom. The van der Waals surface area contributed by atoms with E-state index in [4.69, 9.17) is 9.84 Å². The molecular weight excluding hydrogens is 282 g/mol. The van der Waals surface area contributed by atoms with Crippen molar-refractivity contribution in [1.82, 2.24) is 4.90 Å². The summed E-state index contributed by atoms with van der Waals surface area (Å²) in [6.07, 6.45) is 0.511. The summed E-state index contributed by atoms with van der Waals surface area (Å²) in [5.41, 5.74) is 0. The average Bonchev–Trinajstić information content (AvgIpc) is 3.03. The molecule has 0 aromatic heterocycles.